The largest absolute Gasteiger partial charge is 0.293 e. The number of carbonyl (C=O) groups excluding carboxylic acids is 1. The Balaban J connectivity index is 1.42. The number of nitrogens with one attached hydrogen (secondary N) is 2. The van der Waals surface area contributed by atoms with Crippen molar-refractivity contribution in [1.29, 1.82) is 0 Å². The molecule has 0 amide bonds. The topological polar surface area (TPSA) is 84.2 Å². The molecule has 2 aromatic carbocycles. The summed E-state index contributed by atoms with van der Waals surface area (Å²) < 4.78 is 1.79. The van der Waals surface area contributed by atoms with Gasteiger partial charge < -0.3 is 0 Å². The summed E-state index contributed by atoms with van der Waals surface area (Å²) in [6, 6.07) is 15.7. The van der Waals surface area contributed by atoms with Crippen LogP contribution in [0, 0.1) is 5.92 Å². The second-order valence-corrected chi connectivity index (χ2v) is 9.84. The number of fused-ring (bicyclic) bond motifs is 3. The minimum absolute atomic E-state index is 0.0179. The van der Waals surface area contributed by atoms with E-state index in [-0.39, 0.29) is 11.5 Å². The summed E-state index contributed by atoms with van der Waals surface area (Å²) in [4.78, 5) is 22.4. The SMILES string of the molecule is CC1NNC(C)C1CCc1nc2c3ccccc3nc(SCC(=O)c3ccc(Cl)cc3)n2n1. The second kappa shape index (κ2) is 9.38. The minimum atomic E-state index is 0.0179. The molecule has 170 valence electrons. The van der Waals surface area contributed by atoms with Crippen LogP contribution < -0.4 is 10.9 Å². The van der Waals surface area contributed by atoms with E-state index in [0.717, 1.165) is 35.2 Å². The van der Waals surface area contributed by atoms with Crippen molar-refractivity contribution in [3.63, 3.8) is 0 Å². The highest BCUT2D eigenvalue weighted by atomic mass is 35.5. The van der Waals surface area contributed by atoms with Crippen molar-refractivity contribution in [2.75, 3.05) is 5.75 Å². The molecule has 1 aliphatic heterocycles. The summed E-state index contributed by atoms with van der Waals surface area (Å²) >= 11 is 7.32. The van der Waals surface area contributed by atoms with E-state index in [9.17, 15) is 4.79 Å². The maximum Gasteiger partial charge on any atom is 0.192 e. The summed E-state index contributed by atoms with van der Waals surface area (Å²) in [5.41, 5.74) is 8.87. The third kappa shape index (κ3) is 4.61. The van der Waals surface area contributed by atoms with E-state index in [0.29, 0.717) is 33.7 Å². The van der Waals surface area contributed by atoms with E-state index in [1.807, 2.05) is 24.3 Å². The number of aryl methyl sites for hydroxylation is 1. The maximum absolute atomic E-state index is 12.7. The number of hydrazine groups is 1. The summed E-state index contributed by atoms with van der Waals surface area (Å²) in [6.07, 6.45) is 1.77. The van der Waals surface area contributed by atoms with E-state index in [4.69, 9.17) is 26.7 Å². The zero-order valence-corrected chi connectivity index (χ0v) is 20.0. The summed E-state index contributed by atoms with van der Waals surface area (Å²) in [6.45, 7) is 4.39. The van der Waals surface area contributed by atoms with Crippen LogP contribution >= 0.6 is 23.4 Å². The van der Waals surface area contributed by atoms with Crippen molar-refractivity contribution >= 4 is 45.7 Å². The molecule has 5 rings (SSSR count). The normalized spacial score (nSPS) is 20.6. The Hall–Kier alpha value is -2.52. The van der Waals surface area contributed by atoms with Gasteiger partial charge in [0.05, 0.1) is 11.3 Å². The van der Waals surface area contributed by atoms with Gasteiger partial charge in [0.25, 0.3) is 0 Å². The van der Waals surface area contributed by atoms with Crippen LogP contribution in [0.5, 0.6) is 0 Å². The van der Waals surface area contributed by atoms with E-state index in [2.05, 4.69) is 24.7 Å². The Morgan fingerprint density at radius 3 is 2.55 bits per heavy atom. The molecule has 2 unspecified atom stereocenters. The molecule has 1 aliphatic rings. The zero-order valence-electron chi connectivity index (χ0n) is 18.5. The average molecular weight is 481 g/mol. The molecule has 3 heterocycles. The third-order valence-electron chi connectivity index (χ3n) is 6.22. The molecule has 0 radical (unpaired) electrons. The van der Waals surface area contributed by atoms with Crippen molar-refractivity contribution in [2.45, 2.75) is 43.9 Å². The number of halogens is 1. The molecule has 4 aromatic rings. The number of hydrogen-bond acceptors (Lipinski definition) is 7. The van der Waals surface area contributed by atoms with Gasteiger partial charge in [-0.15, -0.1) is 5.10 Å². The monoisotopic (exact) mass is 480 g/mol. The van der Waals surface area contributed by atoms with Crippen LogP contribution in [0.1, 0.15) is 36.5 Å². The van der Waals surface area contributed by atoms with Gasteiger partial charge in [0.15, 0.2) is 22.4 Å². The Morgan fingerprint density at radius 2 is 1.79 bits per heavy atom. The number of Topliss-reactive ketones (excluding diaryl/α,β-unsaturated/α-hetero) is 1. The fraction of sp³-hybridized carbons (Fsp3) is 0.333. The van der Waals surface area contributed by atoms with Crippen LogP contribution in [0.25, 0.3) is 16.6 Å². The van der Waals surface area contributed by atoms with Gasteiger partial charge >= 0.3 is 0 Å². The predicted molar refractivity (Wildman–Crippen MR) is 132 cm³/mol. The predicted octanol–water partition coefficient (Wildman–Crippen LogP) is 4.34. The first-order valence-electron chi connectivity index (χ1n) is 11.1. The second-order valence-electron chi connectivity index (χ2n) is 8.46. The van der Waals surface area contributed by atoms with Crippen LogP contribution in [0.4, 0.5) is 0 Å². The standard InChI is InChI=1S/C24H25ClN6OS/c1-14-18(15(2)29-28-14)11-12-22-27-23-19-5-3-4-6-20(19)26-24(31(23)30-22)33-13-21(32)16-7-9-17(25)10-8-16/h3-10,14-15,18,28-29H,11-13H2,1-2H3. The van der Waals surface area contributed by atoms with Crippen LogP contribution in [0.3, 0.4) is 0 Å². The molecule has 0 aliphatic carbocycles. The molecule has 0 bridgehead atoms. The van der Waals surface area contributed by atoms with Crippen molar-refractivity contribution in [1.82, 2.24) is 30.4 Å². The van der Waals surface area contributed by atoms with E-state index >= 15 is 0 Å². The summed E-state index contributed by atoms with van der Waals surface area (Å²) in [5.74, 6) is 1.58. The molecule has 1 saturated heterocycles. The minimum Gasteiger partial charge on any atom is -0.293 e. The molecule has 2 atom stereocenters. The Bertz CT molecular complexity index is 1300. The van der Waals surface area contributed by atoms with Gasteiger partial charge in [-0.25, -0.2) is 9.97 Å². The number of thioether (sulfide) groups is 1. The number of para-hydroxylation sites is 1. The molecule has 0 spiro atoms. The maximum atomic E-state index is 12.7. The number of rotatable bonds is 7. The lowest BCUT2D eigenvalue weighted by Crippen LogP contribution is -2.30. The Labute approximate surface area is 201 Å². The molecule has 33 heavy (non-hydrogen) atoms. The van der Waals surface area contributed by atoms with Crippen molar-refractivity contribution in [3.8, 4) is 0 Å². The Morgan fingerprint density at radius 1 is 1.06 bits per heavy atom. The van der Waals surface area contributed by atoms with Gasteiger partial charge in [-0.1, -0.05) is 35.5 Å². The lowest BCUT2D eigenvalue weighted by atomic mass is 9.91. The van der Waals surface area contributed by atoms with Gasteiger partial charge in [-0.2, -0.15) is 4.52 Å². The van der Waals surface area contributed by atoms with Crippen LogP contribution in [0.15, 0.2) is 53.7 Å². The zero-order chi connectivity index (χ0) is 22.9. The average Bonchev–Trinajstić information content (AvgIpc) is 3.39. The number of ketones is 1. The van der Waals surface area contributed by atoms with Gasteiger partial charge in [0, 0.05) is 34.5 Å². The van der Waals surface area contributed by atoms with Crippen molar-refractivity contribution < 1.29 is 4.79 Å². The van der Waals surface area contributed by atoms with Gasteiger partial charge in [-0.3, -0.25) is 15.6 Å². The molecule has 7 nitrogen and oxygen atoms in total. The number of carbonyl (C=O) groups is 1. The smallest absolute Gasteiger partial charge is 0.192 e. The number of aromatic nitrogens is 4. The molecule has 9 heteroatoms. The lowest BCUT2D eigenvalue weighted by molar-refractivity contribution is 0.102. The first kappa shape index (κ1) is 22.3. The molecule has 2 N–H and O–H groups in total. The van der Waals surface area contributed by atoms with Crippen LogP contribution in [-0.4, -0.2) is 43.2 Å². The summed E-state index contributed by atoms with van der Waals surface area (Å²) in [5, 5.41) is 7.02. The van der Waals surface area contributed by atoms with Gasteiger partial charge in [0.2, 0.25) is 0 Å². The highest BCUT2D eigenvalue weighted by Gasteiger charge is 2.29. The number of benzene rings is 2. The quantitative estimate of drug-likeness (QED) is 0.231. The van der Waals surface area contributed by atoms with Crippen molar-refractivity contribution in [2.24, 2.45) is 5.92 Å². The first-order valence-corrected chi connectivity index (χ1v) is 12.4. The Kier molecular flexibility index (Phi) is 6.34. The molecule has 0 saturated carbocycles. The fourth-order valence-corrected chi connectivity index (χ4v) is 5.29. The van der Waals surface area contributed by atoms with E-state index < -0.39 is 0 Å². The highest BCUT2D eigenvalue weighted by Crippen LogP contribution is 2.26. The van der Waals surface area contributed by atoms with E-state index in [1.165, 1.54) is 11.8 Å². The van der Waals surface area contributed by atoms with E-state index in [1.54, 1.807) is 28.8 Å². The van der Waals surface area contributed by atoms with Crippen LogP contribution in [0.2, 0.25) is 5.02 Å². The lowest BCUT2D eigenvalue weighted by Gasteiger charge is -2.16. The van der Waals surface area contributed by atoms with Crippen molar-refractivity contribution in [3.05, 3.63) is 64.9 Å². The molecule has 2 aromatic heterocycles. The fourth-order valence-electron chi connectivity index (χ4n) is 4.33. The first-order chi connectivity index (χ1) is 16.0. The van der Waals surface area contributed by atoms with Gasteiger partial charge in [-0.05, 0) is 62.6 Å². The third-order valence-corrected chi connectivity index (χ3v) is 7.40. The summed E-state index contributed by atoms with van der Waals surface area (Å²) in [7, 11) is 0. The highest BCUT2D eigenvalue weighted by molar-refractivity contribution is 7.99. The van der Waals surface area contributed by atoms with Gasteiger partial charge in [0.1, 0.15) is 0 Å². The number of hydrogen-bond donors (Lipinski definition) is 2. The number of nitrogens with zero attached hydrogens (tertiary/aromatic N) is 4. The molecule has 1 fully saturated rings. The molecular weight excluding hydrogens is 456 g/mol. The van der Waals surface area contributed by atoms with Crippen LogP contribution in [-0.2, 0) is 6.42 Å². The molecular formula is C24H25ClN6OS.